The van der Waals surface area contributed by atoms with Gasteiger partial charge < -0.3 is 0 Å². The first-order valence-electron chi connectivity index (χ1n) is 7.55. The molecule has 0 unspecified atom stereocenters. The molecule has 3 nitrogen and oxygen atoms in total. The van der Waals surface area contributed by atoms with Crippen LogP contribution in [0, 0.1) is 5.82 Å². The lowest BCUT2D eigenvalue weighted by Crippen LogP contribution is -2.23. The van der Waals surface area contributed by atoms with Crippen LogP contribution in [0.25, 0.3) is 0 Å². The third-order valence-corrected chi connectivity index (χ3v) is 4.75. The molecule has 0 aromatic heterocycles. The van der Waals surface area contributed by atoms with E-state index < -0.39 is 0 Å². The predicted molar refractivity (Wildman–Crippen MR) is 91.2 cm³/mol. The van der Waals surface area contributed by atoms with Crippen LogP contribution in [0.1, 0.15) is 24.0 Å². The van der Waals surface area contributed by atoms with Gasteiger partial charge in [-0.3, -0.25) is 4.79 Å². The number of fused-ring (bicyclic) bond motifs is 1. The number of aryl methyl sites for hydroxylation is 1. The highest BCUT2D eigenvalue weighted by Gasteiger charge is 2.15. The average molecular weight is 328 g/mol. The maximum atomic E-state index is 13.5. The van der Waals surface area contributed by atoms with E-state index in [0.717, 1.165) is 30.5 Å². The highest BCUT2D eigenvalue weighted by Crippen LogP contribution is 2.22. The molecule has 0 heterocycles. The van der Waals surface area contributed by atoms with Crippen LogP contribution in [0.2, 0.25) is 0 Å². The van der Waals surface area contributed by atoms with Crippen LogP contribution in [0.3, 0.4) is 0 Å². The summed E-state index contributed by atoms with van der Waals surface area (Å²) in [7, 11) is 0. The molecule has 0 aliphatic heterocycles. The van der Waals surface area contributed by atoms with E-state index >= 15 is 0 Å². The van der Waals surface area contributed by atoms with Crippen molar-refractivity contribution >= 4 is 23.4 Å². The second-order valence-electron chi connectivity index (χ2n) is 5.32. The third kappa shape index (κ3) is 3.99. The zero-order chi connectivity index (χ0) is 16.1. The molecular weight excluding hydrogens is 311 g/mol. The number of rotatable bonds is 4. The number of nitrogens with one attached hydrogen (secondary N) is 1. The molecule has 0 bridgehead atoms. The summed E-state index contributed by atoms with van der Waals surface area (Å²) >= 11 is 1.17. The van der Waals surface area contributed by atoms with Crippen LogP contribution in [0.5, 0.6) is 0 Å². The molecule has 2 aromatic rings. The SMILES string of the molecule is O=C(CSc1ccccc1F)N/N=C1/CCCc2ccccc21. The van der Waals surface area contributed by atoms with Crippen molar-refractivity contribution in [1.29, 1.82) is 0 Å². The van der Waals surface area contributed by atoms with Gasteiger partial charge in [0.05, 0.1) is 11.5 Å². The maximum Gasteiger partial charge on any atom is 0.250 e. The van der Waals surface area contributed by atoms with Crippen molar-refractivity contribution < 1.29 is 9.18 Å². The van der Waals surface area contributed by atoms with Gasteiger partial charge in [0.2, 0.25) is 5.91 Å². The Morgan fingerprint density at radius 2 is 1.91 bits per heavy atom. The molecule has 0 fully saturated rings. The van der Waals surface area contributed by atoms with Gasteiger partial charge in [-0.25, -0.2) is 9.82 Å². The zero-order valence-electron chi connectivity index (χ0n) is 12.6. The van der Waals surface area contributed by atoms with Gasteiger partial charge in [-0.05, 0) is 37.0 Å². The van der Waals surface area contributed by atoms with Gasteiger partial charge in [-0.2, -0.15) is 5.10 Å². The van der Waals surface area contributed by atoms with Crippen LogP contribution >= 0.6 is 11.8 Å². The van der Waals surface area contributed by atoms with Crippen LogP contribution < -0.4 is 5.43 Å². The number of amides is 1. The third-order valence-electron chi connectivity index (χ3n) is 3.70. The lowest BCUT2D eigenvalue weighted by molar-refractivity contribution is -0.118. The molecule has 3 rings (SSSR count). The van der Waals surface area contributed by atoms with Crippen molar-refractivity contribution in [2.24, 2.45) is 5.10 Å². The monoisotopic (exact) mass is 328 g/mol. The summed E-state index contributed by atoms with van der Waals surface area (Å²) in [6.45, 7) is 0. The minimum absolute atomic E-state index is 0.138. The number of thioether (sulfide) groups is 1. The second-order valence-corrected chi connectivity index (χ2v) is 6.34. The Hall–Kier alpha value is -2.14. The van der Waals surface area contributed by atoms with Gasteiger partial charge in [-0.15, -0.1) is 11.8 Å². The maximum absolute atomic E-state index is 13.5. The van der Waals surface area contributed by atoms with Crippen LogP contribution in [0.4, 0.5) is 4.39 Å². The minimum atomic E-state index is -0.308. The molecule has 0 radical (unpaired) electrons. The molecule has 1 aliphatic carbocycles. The first-order valence-corrected chi connectivity index (χ1v) is 8.53. The first-order chi connectivity index (χ1) is 11.2. The van der Waals surface area contributed by atoms with E-state index in [9.17, 15) is 9.18 Å². The zero-order valence-corrected chi connectivity index (χ0v) is 13.4. The first kappa shape index (κ1) is 15.7. The lowest BCUT2D eigenvalue weighted by Gasteiger charge is -2.17. The van der Waals surface area contributed by atoms with Crippen molar-refractivity contribution in [2.75, 3.05) is 5.75 Å². The van der Waals surface area contributed by atoms with Gasteiger partial charge in [0.1, 0.15) is 5.82 Å². The largest absolute Gasteiger partial charge is 0.272 e. The molecule has 0 saturated heterocycles. The number of hydrogen-bond acceptors (Lipinski definition) is 3. The summed E-state index contributed by atoms with van der Waals surface area (Å²) < 4.78 is 13.5. The van der Waals surface area contributed by atoms with E-state index in [1.165, 1.54) is 23.4 Å². The Morgan fingerprint density at radius 3 is 2.78 bits per heavy atom. The normalized spacial score (nSPS) is 15.3. The standard InChI is InChI=1S/C18H17FN2OS/c19-15-9-3-4-11-17(15)23-12-18(22)21-20-16-10-5-7-13-6-1-2-8-14(13)16/h1-4,6,8-9,11H,5,7,10,12H2,(H,21,22)/b20-16-. The van der Waals surface area contributed by atoms with Crippen molar-refractivity contribution in [2.45, 2.75) is 24.2 Å². The van der Waals surface area contributed by atoms with Crippen molar-refractivity contribution in [3.05, 3.63) is 65.5 Å². The Bertz CT molecular complexity index is 745. The number of benzene rings is 2. The Morgan fingerprint density at radius 1 is 1.13 bits per heavy atom. The van der Waals surface area contributed by atoms with Crippen LogP contribution in [-0.4, -0.2) is 17.4 Å². The Labute approximate surface area is 139 Å². The summed E-state index contributed by atoms with van der Waals surface area (Å²) in [6.07, 6.45) is 2.94. The molecule has 1 amide bonds. The van der Waals surface area contributed by atoms with Crippen molar-refractivity contribution in [3.8, 4) is 0 Å². The quantitative estimate of drug-likeness (QED) is 0.685. The van der Waals surface area contributed by atoms with Crippen molar-refractivity contribution in [1.82, 2.24) is 5.43 Å². The molecule has 5 heteroatoms. The van der Waals surface area contributed by atoms with E-state index in [0.29, 0.717) is 4.90 Å². The smallest absolute Gasteiger partial charge is 0.250 e. The molecule has 2 aromatic carbocycles. The number of hydrogen-bond donors (Lipinski definition) is 1. The van der Waals surface area contributed by atoms with E-state index in [1.807, 2.05) is 18.2 Å². The average Bonchev–Trinajstić information content (AvgIpc) is 2.59. The summed E-state index contributed by atoms with van der Waals surface area (Å²) in [5, 5.41) is 4.27. The topological polar surface area (TPSA) is 41.5 Å². The van der Waals surface area contributed by atoms with Gasteiger partial charge in [-0.1, -0.05) is 36.4 Å². The van der Waals surface area contributed by atoms with E-state index in [2.05, 4.69) is 16.6 Å². The molecular formula is C18H17FN2OS. The van der Waals surface area contributed by atoms with Gasteiger partial charge >= 0.3 is 0 Å². The highest BCUT2D eigenvalue weighted by molar-refractivity contribution is 8.00. The summed E-state index contributed by atoms with van der Waals surface area (Å²) in [4.78, 5) is 12.4. The minimum Gasteiger partial charge on any atom is -0.272 e. The number of hydrazone groups is 1. The molecule has 1 N–H and O–H groups in total. The van der Waals surface area contributed by atoms with Crippen molar-refractivity contribution in [3.63, 3.8) is 0 Å². The number of halogens is 1. The fourth-order valence-corrected chi connectivity index (χ4v) is 3.32. The highest BCUT2D eigenvalue weighted by atomic mass is 32.2. The van der Waals surface area contributed by atoms with E-state index in [-0.39, 0.29) is 17.5 Å². The summed E-state index contributed by atoms with van der Waals surface area (Å²) in [5.41, 5.74) is 5.88. The Balaban J connectivity index is 1.60. The summed E-state index contributed by atoms with van der Waals surface area (Å²) in [6, 6.07) is 14.6. The predicted octanol–water partition coefficient (Wildman–Crippen LogP) is 3.77. The van der Waals surface area contributed by atoms with Crippen LogP contribution in [0.15, 0.2) is 58.5 Å². The van der Waals surface area contributed by atoms with E-state index in [4.69, 9.17) is 0 Å². The Kier molecular flexibility index (Phi) is 5.08. The second kappa shape index (κ2) is 7.42. The lowest BCUT2D eigenvalue weighted by atomic mass is 9.90. The number of nitrogens with zero attached hydrogens (tertiary/aromatic N) is 1. The number of carbonyl (C=O) groups excluding carboxylic acids is 1. The number of carbonyl (C=O) groups is 1. The molecule has 23 heavy (non-hydrogen) atoms. The fourth-order valence-electron chi connectivity index (χ4n) is 2.58. The van der Waals surface area contributed by atoms with Crippen LogP contribution in [-0.2, 0) is 11.2 Å². The van der Waals surface area contributed by atoms with E-state index in [1.54, 1.807) is 18.2 Å². The molecule has 0 atom stereocenters. The molecule has 118 valence electrons. The molecule has 0 spiro atoms. The van der Waals surface area contributed by atoms with Gasteiger partial charge in [0.15, 0.2) is 0 Å². The summed E-state index contributed by atoms with van der Waals surface area (Å²) in [5.74, 6) is -0.397. The van der Waals surface area contributed by atoms with Gasteiger partial charge in [0.25, 0.3) is 0 Å². The van der Waals surface area contributed by atoms with Gasteiger partial charge in [0, 0.05) is 10.5 Å². The fraction of sp³-hybridized carbons (Fsp3) is 0.222. The molecule has 1 aliphatic rings. The molecule has 0 saturated carbocycles.